The SMILES string of the molecule is Cc1ccccc1CCNC(=O)C[NH+]1CCC[C@@H]1c1cccn1C. The quantitative estimate of drug-likeness (QED) is 0.828. The number of hydrogen-bond acceptors (Lipinski definition) is 1. The smallest absolute Gasteiger partial charge is 0.275 e. The number of nitrogens with one attached hydrogen (secondary N) is 2. The number of aromatic nitrogens is 1. The molecule has 0 spiro atoms. The lowest BCUT2D eigenvalue weighted by Crippen LogP contribution is -3.11. The van der Waals surface area contributed by atoms with Crippen molar-refractivity contribution < 1.29 is 9.69 Å². The van der Waals surface area contributed by atoms with Gasteiger partial charge in [0.25, 0.3) is 5.91 Å². The van der Waals surface area contributed by atoms with Gasteiger partial charge in [0.2, 0.25) is 0 Å². The number of carbonyl (C=O) groups excluding carboxylic acids is 1. The lowest BCUT2D eigenvalue weighted by Gasteiger charge is -2.21. The van der Waals surface area contributed by atoms with Gasteiger partial charge in [0.15, 0.2) is 6.54 Å². The Morgan fingerprint density at radius 2 is 2.12 bits per heavy atom. The molecule has 24 heavy (non-hydrogen) atoms. The van der Waals surface area contributed by atoms with Gasteiger partial charge >= 0.3 is 0 Å². The fraction of sp³-hybridized carbons (Fsp3) is 0.450. The third-order valence-electron chi connectivity index (χ3n) is 5.19. The third kappa shape index (κ3) is 3.88. The third-order valence-corrected chi connectivity index (χ3v) is 5.19. The van der Waals surface area contributed by atoms with Crippen LogP contribution in [-0.4, -0.2) is 30.1 Å². The van der Waals surface area contributed by atoms with E-state index in [0.717, 1.165) is 13.0 Å². The highest BCUT2D eigenvalue weighted by Crippen LogP contribution is 2.18. The molecule has 4 nitrogen and oxygen atoms in total. The van der Waals surface area contributed by atoms with Crippen LogP contribution in [0.5, 0.6) is 0 Å². The average Bonchev–Trinajstić information content (AvgIpc) is 3.17. The van der Waals surface area contributed by atoms with Crippen molar-refractivity contribution in [2.45, 2.75) is 32.2 Å². The number of amides is 1. The van der Waals surface area contributed by atoms with Gasteiger partial charge in [0.1, 0.15) is 6.04 Å². The predicted molar refractivity (Wildman–Crippen MR) is 96.0 cm³/mol. The number of hydrogen-bond donors (Lipinski definition) is 2. The zero-order valence-electron chi connectivity index (χ0n) is 14.7. The Bertz CT molecular complexity index is 692. The number of rotatable bonds is 6. The molecule has 1 aromatic heterocycles. The van der Waals surface area contributed by atoms with Crippen molar-refractivity contribution in [1.29, 1.82) is 0 Å². The fourth-order valence-corrected chi connectivity index (χ4v) is 3.81. The number of nitrogens with zero attached hydrogens (tertiary/aromatic N) is 1. The van der Waals surface area contributed by atoms with Crippen LogP contribution < -0.4 is 10.2 Å². The lowest BCUT2D eigenvalue weighted by molar-refractivity contribution is -0.911. The number of aryl methyl sites for hydroxylation is 2. The molecule has 4 heteroatoms. The topological polar surface area (TPSA) is 38.5 Å². The molecule has 2 aromatic rings. The Labute approximate surface area is 144 Å². The standard InChI is InChI=1S/C20H27N3O/c1-16-7-3-4-8-17(16)11-12-21-20(24)15-23-14-6-10-19(23)18-9-5-13-22(18)2/h3-5,7-9,13,19H,6,10-12,14-15H2,1-2H3,(H,21,24)/p+1/t19-/m1/s1. The van der Waals surface area contributed by atoms with Crippen LogP contribution >= 0.6 is 0 Å². The maximum absolute atomic E-state index is 12.3. The van der Waals surface area contributed by atoms with E-state index in [1.165, 1.54) is 34.6 Å². The zero-order chi connectivity index (χ0) is 16.9. The highest BCUT2D eigenvalue weighted by atomic mass is 16.2. The molecule has 0 bridgehead atoms. The van der Waals surface area contributed by atoms with Gasteiger partial charge in [0.05, 0.1) is 12.2 Å². The Hall–Kier alpha value is -2.07. The summed E-state index contributed by atoms with van der Waals surface area (Å²) in [5.74, 6) is 0.166. The Morgan fingerprint density at radius 1 is 1.29 bits per heavy atom. The van der Waals surface area contributed by atoms with E-state index in [0.29, 0.717) is 19.1 Å². The molecule has 1 unspecified atom stereocenters. The molecule has 3 rings (SSSR count). The van der Waals surface area contributed by atoms with E-state index < -0.39 is 0 Å². The lowest BCUT2D eigenvalue weighted by atomic mass is 10.1. The molecule has 2 N–H and O–H groups in total. The van der Waals surface area contributed by atoms with Crippen molar-refractivity contribution in [1.82, 2.24) is 9.88 Å². The first kappa shape index (κ1) is 16.8. The van der Waals surface area contributed by atoms with Gasteiger partial charge in [0, 0.05) is 32.6 Å². The molecule has 1 aromatic carbocycles. The zero-order valence-corrected chi connectivity index (χ0v) is 14.7. The second-order valence-electron chi connectivity index (χ2n) is 6.85. The van der Waals surface area contributed by atoms with Crippen LogP contribution in [0.4, 0.5) is 0 Å². The van der Waals surface area contributed by atoms with Crippen molar-refractivity contribution in [3.8, 4) is 0 Å². The minimum atomic E-state index is 0.166. The molecule has 1 aliphatic heterocycles. The highest BCUT2D eigenvalue weighted by molar-refractivity contribution is 5.76. The monoisotopic (exact) mass is 326 g/mol. The summed E-state index contributed by atoms with van der Waals surface area (Å²) in [6.07, 6.45) is 5.36. The van der Waals surface area contributed by atoms with Crippen LogP contribution in [0.25, 0.3) is 0 Å². The van der Waals surface area contributed by atoms with Crippen LogP contribution in [0.15, 0.2) is 42.6 Å². The number of carbonyl (C=O) groups is 1. The van der Waals surface area contributed by atoms with Crippen molar-refractivity contribution in [2.24, 2.45) is 7.05 Å². The molecule has 128 valence electrons. The van der Waals surface area contributed by atoms with Gasteiger partial charge in [-0.15, -0.1) is 0 Å². The highest BCUT2D eigenvalue weighted by Gasteiger charge is 2.32. The van der Waals surface area contributed by atoms with Crippen molar-refractivity contribution in [3.63, 3.8) is 0 Å². The molecule has 1 amide bonds. The van der Waals surface area contributed by atoms with Gasteiger partial charge in [-0.3, -0.25) is 4.79 Å². The summed E-state index contributed by atoms with van der Waals surface area (Å²) in [7, 11) is 2.09. The van der Waals surface area contributed by atoms with E-state index >= 15 is 0 Å². The van der Waals surface area contributed by atoms with Gasteiger partial charge in [-0.25, -0.2) is 0 Å². The van der Waals surface area contributed by atoms with Crippen molar-refractivity contribution >= 4 is 5.91 Å². The minimum absolute atomic E-state index is 0.166. The Kier molecular flexibility index (Phi) is 5.36. The largest absolute Gasteiger partial charge is 0.351 e. The maximum Gasteiger partial charge on any atom is 0.275 e. The minimum Gasteiger partial charge on any atom is -0.351 e. The number of benzene rings is 1. The number of likely N-dealkylation sites (tertiary alicyclic amines) is 1. The molecular formula is C20H28N3O+. The summed E-state index contributed by atoms with van der Waals surface area (Å²) < 4.78 is 2.19. The molecule has 0 aliphatic carbocycles. The van der Waals surface area contributed by atoms with E-state index in [-0.39, 0.29) is 5.91 Å². The van der Waals surface area contributed by atoms with E-state index in [9.17, 15) is 4.79 Å². The maximum atomic E-state index is 12.3. The van der Waals surface area contributed by atoms with Crippen molar-refractivity contribution in [2.75, 3.05) is 19.6 Å². The molecular weight excluding hydrogens is 298 g/mol. The summed E-state index contributed by atoms with van der Waals surface area (Å²) in [5.41, 5.74) is 3.95. The number of quaternary nitrogens is 1. The van der Waals surface area contributed by atoms with E-state index in [4.69, 9.17) is 0 Å². The Balaban J connectivity index is 1.49. The second kappa shape index (κ2) is 7.67. The average molecular weight is 326 g/mol. The first-order chi connectivity index (χ1) is 11.6. The normalized spacial score (nSPS) is 20.2. The van der Waals surface area contributed by atoms with Gasteiger partial charge in [-0.05, 0) is 36.6 Å². The summed E-state index contributed by atoms with van der Waals surface area (Å²) in [6.45, 7) is 4.49. The summed E-state index contributed by atoms with van der Waals surface area (Å²) in [6, 6.07) is 13.1. The molecule has 2 atom stereocenters. The molecule has 0 radical (unpaired) electrons. The second-order valence-corrected chi connectivity index (χ2v) is 6.85. The summed E-state index contributed by atoms with van der Waals surface area (Å²) in [5, 5.41) is 3.10. The molecule has 1 saturated heterocycles. The van der Waals surface area contributed by atoms with Gasteiger partial charge < -0.3 is 14.8 Å². The van der Waals surface area contributed by atoms with Crippen molar-refractivity contribution in [3.05, 3.63) is 59.4 Å². The van der Waals surface area contributed by atoms with E-state index in [1.54, 1.807) is 0 Å². The van der Waals surface area contributed by atoms with Gasteiger partial charge in [-0.2, -0.15) is 0 Å². The van der Waals surface area contributed by atoms with Crippen LogP contribution in [0.3, 0.4) is 0 Å². The van der Waals surface area contributed by atoms with Crippen LogP contribution in [-0.2, 0) is 18.3 Å². The Morgan fingerprint density at radius 3 is 2.88 bits per heavy atom. The van der Waals surface area contributed by atoms with Crippen LogP contribution in [0.1, 0.15) is 35.7 Å². The van der Waals surface area contributed by atoms with Crippen LogP contribution in [0.2, 0.25) is 0 Å². The molecule has 0 saturated carbocycles. The molecule has 1 aliphatic rings. The van der Waals surface area contributed by atoms with E-state index in [1.807, 2.05) is 0 Å². The van der Waals surface area contributed by atoms with Gasteiger partial charge in [-0.1, -0.05) is 24.3 Å². The predicted octanol–water partition coefficient (Wildman–Crippen LogP) is 1.41. The first-order valence-electron chi connectivity index (χ1n) is 8.92. The summed E-state index contributed by atoms with van der Waals surface area (Å²) >= 11 is 0. The molecule has 1 fully saturated rings. The van der Waals surface area contributed by atoms with Crippen LogP contribution in [0, 0.1) is 6.92 Å². The first-order valence-corrected chi connectivity index (χ1v) is 8.92. The fourth-order valence-electron chi connectivity index (χ4n) is 3.81. The van der Waals surface area contributed by atoms with E-state index in [2.05, 4.69) is 66.5 Å². The molecule has 2 heterocycles. The summed E-state index contributed by atoms with van der Waals surface area (Å²) in [4.78, 5) is 13.7.